The summed E-state index contributed by atoms with van der Waals surface area (Å²) in [5.74, 6) is -0.700. The molecule has 0 heterocycles. The third-order valence-corrected chi connectivity index (χ3v) is 6.55. The molecular weight excluding hydrogens is 540 g/mol. The average molecular weight is 601 g/mol. The molecule has 0 aromatic rings. The first-order chi connectivity index (χ1) is 21.0. The van der Waals surface area contributed by atoms with Crippen LogP contribution in [0.3, 0.4) is 0 Å². The molecule has 0 aromatic heterocycles. The van der Waals surface area contributed by atoms with Crippen molar-refractivity contribution in [3.05, 3.63) is 72.9 Å². The molecule has 0 radical (unpaired) electrons. The third kappa shape index (κ3) is 32.1. The summed E-state index contributed by atoms with van der Waals surface area (Å²) in [6, 6.07) is 0. The molecule has 0 aromatic carbocycles. The summed E-state index contributed by atoms with van der Waals surface area (Å²) in [5.41, 5.74) is 0. The Bertz CT molecular complexity index is 836. The van der Waals surface area contributed by atoms with Crippen molar-refractivity contribution in [1.82, 2.24) is 0 Å². The van der Waals surface area contributed by atoms with Gasteiger partial charge in [-0.2, -0.15) is 0 Å². The first-order valence-corrected chi connectivity index (χ1v) is 16.6. The Morgan fingerprint density at radius 1 is 0.605 bits per heavy atom. The highest BCUT2D eigenvalue weighted by atomic mass is 16.6. The van der Waals surface area contributed by atoms with Crippen LogP contribution in [0, 0.1) is 0 Å². The Morgan fingerprint density at radius 2 is 1.14 bits per heavy atom. The van der Waals surface area contributed by atoms with Crippen molar-refractivity contribution in [2.45, 2.75) is 135 Å². The number of esters is 2. The molecule has 2 atom stereocenters. The van der Waals surface area contributed by atoms with Gasteiger partial charge in [-0.25, -0.2) is 0 Å². The summed E-state index contributed by atoms with van der Waals surface area (Å²) in [7, 11) is 0. The number of aliphatic hydroxyl groups excluding tert-OH is 2. The van der Waals surface area contributed by atoms with Crippen LogP contribution < -0.4 is 0 Å². The quantitative estimate of drug-likeness (QED) is 0.0403. The number of hydrogen-bond acceptors (Lipinski definition) is 6. The van der Waals surface area contributed by atoms with E-state index in [9.17, 15) is 19.8 Å². The average Bonchev–Trinajstić information content (AvgIpc) is 3.00. The van der Waals surface area contributed by atoms with Gasteiger partial charge < -0.3 is 19.7 Å². The minimum absolute atomic E-state index is 0.155. The maximum Gasteiger partial charge on any atom is 0.306 e. The highest BCUT2D eigenvalue weighted by Gasteiger charge is 2.11. The highest BCUT2D eigenvalue weighted by molar-refractivity contribution is 5.70. The largest absolute Gasteiger partial charge is 0.463 e. The van der Waals surface area contributed by atoms with Crippen LogP contribution in [-0.4, -0.2) is 47.6 Å². The van der Waals surface area contributed by atoms with Crippen molar-refractivity contribution in [3.8, 4) is 0 Å². The first-order valence-electron chi connectivity index (χ1n) is 16.6. The smallest absolute Gasteiger partial charge is 0.306 e. The van der Waals surface area contributed by atoms with Crippen molar-refractivity contribution in [2.75, 3.05) is 13.2 Å². The van der Waals surface area contributed by atoms with Crippen molar-refractivity contribution >= 4 is 11.9 Å². The summed E-state index contributed by atoms with van der Waals surface area (Å²) in [6.45, 7) is 4.00. The summed E-state index contributed by atoms with van der Waals surface area (Å²) in [6.07, 6.45) is 38.5. The Kier molecular flexibility index (Phi) is 30.2. The Balaban J connectivity index is 3.73. The zero-order valence-corrected chi connectivity index (χ0v) is 27.0. The molecule has 0 fully saturated rings. The second kappa shape index (κ2) is 32.2. The van der Waals surface area contributed by atoms with Crippen LogP contribution in [-0.2, 0) is 19.1 Å². The molecule has 0 bridgehead atoms. The molecule has 0 rings (SSSR count). The Labute approximate surface area is 262 Å². The van der Waals surface area contributed by atoms with Gasteiger partial charge >= 0.3 is 11.9 Å². The minimum atomic E-state index is -1.01. The summed E-state index contributed by atoms with van der Waals surface area (Å²) in [5, 5.41) is 19.8. The van der Waals surface area contributed by atoms with Gasteiger partial charge in [-0.05, 0) is 44.9 Å². The molecule has 2 N–H and O–H groups in total. The molecular formula is C37H60O6. The van der Waals surface area contributed by atoms with Crippen LogP contribution in [0.2, 0.25) is 0 Å². The van der Waals surface area contributed by atoms with Crippen LogP contribution in [0.25, 0.3) is 0 Å². The third-order valence-electron chi connectivity index (χ3n) is 6.55. The van der Waals surface area contributed by atoms with Crippen molar-refractivity contribution in [1.29, 1.82) is 0 Å². The second-order valence-electron chi connectivity index (χ2n) is 10.8. The lowest BCUT2D eigenvalue weighted by Crippen LogP contribution is -2.25. The van der Waals surface area contributed by atoms with Crippen LogP contribution in [0.1, 0.15) is 123 Å². The predicted molar refractivity (Wildman–Crippen MR) is 179 cm³/mol. The maximum atomic E-state index is 11.9. The van der Waals surface area contributed by atoms with E-state index >= 15 is 0 Å². The monoisotopic (exact) mass is 600 g/mol. The molecule has 0 spiro atoms. The highest BCUT2D eigenvalue weighted by Crippen LogP contribution is 2.11. The van der Waals surface area contributed by atoms with Crippen LogP contribution in [0.4, 0.5) is 0 Å². The van der Waals surface area contributed by atoms with Crippen molar-refractivity contribution < 1.29 is 29.3 Å². The lowest BCUT2D eigenvalue weighted by molar-refractivity contribution is -0.152. The van der Waals surface area contributed by atoms with E-state index in [0.717, 1.165) is 44.9 Å². The van der Waals surface area contributed by atoms with E-state index in [1.807, 2.05) is 36.5 Å². The molecule has 0 aliphatic rings. The van der Waals surface area contributed by atoms with Gasteiger partial charge in [0, 0.05) is 12.8 Å². The molecule has 0 aliphatic carbocycles. The van der Waals surface area contributed by atoms with Gasteiger partial charge in [0.05, 0.1) is 6.10 Å². The molecule has 43 heavy (non-hydrogen) atoms. The van der Waals surface area contributed by atoms with Gasteiger partial charge in [0.2, 0.25) is 0 Å². The predicted octanol–water partition coefficient (Wildman–Crippen LogP) is 8.80. The number of carbonyl (C=O) groups excluding carboxylic acids is 2. The van der Waals surface area contributed by atoms with Gasteiger partial charge in [0.25, 0.3) is 0 Å². The molecule has 0 saturated heterocycles. The van der Waals surface area contributed by atoms with Crippen LogP contribution in [0.5, 0.6) is 0 Å². The number of carbonyl (C=O) groups is 2. The SMILES string of the molecule is CC/C=C\C/C=C\CC(O)/C=C/C=C\C/C=C\C/C=C\CCC(=O)OC[C@H](O)COC(=O)CCCCCCCCCCC. The van der Waals surface area contributed by atoms with Crippen LogP contribution >= 0.6 is 0 Å². The number of aliphatic hydroxyl groups is 2. The fraction of sp³-hybridized carbons (Fsp3) is 0.622. The van der Waals surface area contributed by atoms with Crippen LogP contribution in [0.15, 0.2) is 72.9 Å². The number of ether oxygens (including phenoxy) is 2. The molecule has 0 saturated carbocycles. The molecule has 244 valence electrons. The van der Waals surface area contributed by atoms with E-state index in [2.05, 4.69) is 44.2 Å². The second-order valence-corrected chi connectivity index (χ2v) is 10.8. The van der Waals surface area contributed by atoms with E-state index in [1.54, 1.807) is 6.08 Å². The molecule has 0 aliphatic heterocycles. The van der Waals surface area contributed by atoms with E-state index in [4.69, 9.17) is 9.47 Å². The fourth-order valence-electron chi connectivity index (χ4n) is 4.02. The van der Waals surface area contributed by atoms with Crippen molar-refractivity contribution in [3.63, 3.8) is 0 Å². The summed E-state index contributed by atoms with van der Waals surface area (Å²) < 4.78 is 10.2. The van der Waals surface area contributed by atoms with E-state index < -0.39 is 12.2 Å². The maximum absolute atomic E-state index is 11.9. The molecule has 6 heteroatoms. The Hall–Kier alpha value is -2.70. The summed E-state index contributed by atoms with van der Waals surface area (Å²) in [4.78, 5) is 23.7. The lowest BCUT2D eigenvalue weighted by atomic mass is 10.1. The number of hydrogen-bond donors (Lipinski definition) is 2. The first kappa shape index (κ1) is 40.3. The zero-order chi connectivity index (χ0) is 31.6. The number of rotatable bonds is 28. The molecule has 1 unspecified atom stereocenters. The molecule has 6 nitrogen and oxygen atoms in total. The van der Waals surface area contributed by atoms with Gasteiger partial charge in [0.15, 0.2) is 0 Å². The minimum Gasteiger partial charge on any atom is -0.463 e. The van der Waals surface area contributed by atoms with Gasteiger partial charge in [-0.1, -0.05) is 138 Å². The number of allylic oxidation sites excluding steroid dienone is 10. The standard InChI is InChI=1S/C37H60O6/c1-3-5-7-9-11-14-18-22-26-30-36(40)42-32-35(39)33-43-37(41)31-27-23-19-16-13-12-15-17-21-25-29-34(38)28-24-20-10-8-6-4-2/h6,8,12-13,17,19-21,23-25,29,34-35,38-39H,3-5,7,9-11,14-16,18,22,26-28,30-33H2,1-2H3/b8-6-,13-12-,21-17-,23-19-,24-20-,29-25+/t34?,35-/m1/s1. The fourth-order valence-corrected chi connectivity index (χ4v) is 4.02. The topological polar surface area (TPSA) is 93.1 Å². The number of unbranched alkanes of at least 4 members (excludes halogenated alkanes) is 8. The normalized spacial score (nSPS) is 13.9. The van der Waals surface area contributed by atoms with E-state index in [1.165, 1.54) is 38.5 Å². The van der Waals surface area contributed by atoms with Gasteiger partial charge in [-0.3, -0.25) is 9.59 Å². The van der Waals surface area contributed by atoms with Gasteiger partial charge in [0.1, 0.15) is 19.3 Å². The lowest BCUT2D eigenvalue weighted by Gasteiger charge is -2.12. The van der Waals surface area contributed by atoms with E-state index in [0.29, 0.717) is 19.3 Å². The molecule has 0 amide bonds. The Morgan fingerprint density at radius 3 is 1.79 bits per heavy atom. The van der Waals surface area contributed by atoms with Gasteiger partial charge in [-0.15, -0.1) is 0 Å². The zero-order valence-electron chi connectivity index (χ0n) is 27.0. The van der Waals surface area contributed by atoms with E-state index in [-0.39, 0.29) is 31.6 Å². The summed E-state index contributed by atoms with van der Waals surface area (Å²) >= 11 is 0. The van der Waals surface area contributed by atoms with Crippen molar-refractivity contribution in [2.24, 2.45) is 0 Å².